The quantitative estimate of drug-likeness (QED) is 0.671. The van der Waals surface area contributed by atoms with Gasteiger partial charge < -0.3 is 0 Å². The van der Waals surface area contributed by atoms with E-state index in [2.05, 4.69) is 16.7 Å². The predicted molar refractivity (Wildman–Crippen MR) is 54.5 cm³/mol. The van der Waals surface area contributed by atoms with Gasteiger partial charge in [-0.1, -0.05) is 12.1 Å². The fraction of sp³-hybridized carbons (Fsp3) is 0.200. The Bertz CT molecular complexity index is 394. The molecule has 1 aromatic rings. The summed E-state index contributed by atoms with van der Waals surface area (Å²) in [6, 6.07) is 6.26. The van der Waals surface area contributed by atoms with Crippen molar-refractivity contribution in [3.05, 3.63) is 24.3 Å². The summed E-state index contributed by atoms with van der Waals surface area (Å²) in [4.78, 5) is 7.04. The maximum absolute atomic E-state index is 12.2. The van der Waals surface area contributed by atoms with Gasteiger partial charge in [0.2, 0.25) is 0 Å². The maximum atomic E-state index is 12.2. The molecule has 15 heavy (non-hydrogen) atoms. The monoisotopic (exact) mass is 214 g/mol. The molecular formula is C10H9F3N2. The van der Waals surface area contributed by atoms with Crippen molar-refractivity contribution in [1.82, 2.24) is 0 Å². The van der Waals surface area contributed by atoms with Crippen molar-refractivity contribution in [2.24, 2.45) is 9.98 Å². The normalized spacial score (nSPS) is 12.7. The minimum absolute atomic E-state index is 0.169. The third-order valence-corrected chi connectivity index (χ3v) is 1.75. The van der Waals surface area contributed by atoms with Crippen molar-refractivity contribution >= 4 is 23.8 Å². The molecule has 0 amide bonds. The van der Waals surface area contributed by atoms with E-state index in [1.165, 1.54) is 6.07 Å². The lowest BCUT2D eigenvalue weighted by Gasteiger charge is -2.06. The third kappa shape index (κ3) is 2.90. The topological polar surface area (TPSA) is 24.7 Å². The highest BCUT2D eigenvalue weighted by molar-refractivity contribution is 5.90. The lowest BCUT2D eigenvalue weighted by molar-refractivity contribution is -0.0591. The standard InChI is InChI=1S/C10H9F3N2/c1-7(10(11,12)13)15-9-6-4-3-5-8(9)14-2/h3-6H,2H2,1H3. The first kappa shape index (κ1) is 11.4. The van der Waals surface area contributed by atoms with Gasteiger partial charge >= 0.3 is 6.18 Å². The first-order valence-electron chi connectivity index (χ1n) is 4.13. The highest BCUT2D eigenvalue weighted by Gasteiger charge is 2.31. The second-order valence-corrected chi connectivity index (χ2v) is 2.84. The van der Waals surface area contributed by atoms with Crippen LogP contribution in [0, 0.1) is 0 Å². The van der Waals surface area contributed by atoms with Gasteiger partial charge in [0.05, 0.1) is 11.4 Å². The predicted octanol–water partition coefficient (Wildman–Crippen LogP) is 3.67. The van der Waals surface area contributed by atoms with Crippen LogP contribution in [-0.4, -0.2) is 18.6 Å². The number of para-hydroxylation sites is 2. The average Bonchev–Trinajstić information content (AvgIpc) is 2.17. The Balaban J connectivity index is 3.13. The maximum Gasteiger partial charge on any atom is 0.429 e. The lowest BCUT2D eigenvalue weighted by atomic mass is 10.2. The van der Waals surface area contributed by atoms with Crippen molar-refractivity contribution < 1.29 is 13.2 Å². The Hall–Kier alpha value is -1.65. The molecule has 0 heterocycles. The van der Waals surface area contributed by atoms with Crippen LogP contribution in [-0.2, 0) is 0 Å². The van der Waals surface area contributed by atoms with E-state index in [4.69, 9.17) is 0 Å². The highest BCUT2D eigenvalue weighted by Crippen LogP contribution is 2.29. The molecule has 2 nitrogen and oxygen atoms in total. The number of hydrogen-bond donors (Lipinski definition) is 0. The summed E-state index contributed by atoms with van der Waals surface area (Å²) >= 11 is 0. The zero-order valence-electron chi connectivity index (χ0n) is 8.04. The number of alkyl halides is 3. The molecule has 0 unspecified atom stereocenters. The van der Waals surface area contributed by atoms with Gasteiger partial charge in [0, 0.05) is 0 Å². The van der Waals surface area contributed by atoms with E-state index in [-0.39, 0.29) is 5.69 Å². The van der Waals surface area contributed by atoms with Crippen molar-refractivity contribution in [1.29, 1.82) is 0 Å². The van der Waals surface area contributed by atoms with Crippen LogP contribution in [0.3, 0.4) is 0 Å². The van der Waals surface area contributed by atoms with Gasteiger partial charge in [-0.05, 0) is 25.8 Å². The number of nitrogens with zero attached hydrogens (tertiary/aromatic N) is 2. The Labute approximate surface area is 85.2 Å². The van der Waals surface area contributed by atoms with Gasteiger partial charge in [-0.15, -0.1) is 0 Å². The summed E-state index contributed by atoms with van der Waals surface area (Å²) in [7, 11) is 0. The molecule has 0 atom stereocenters. The second kappa shape index (κ2) is 4.25. The molecule has 0 saturated heterocycles. The van der Waals surface area contributed by atoms with Gasteiger partial charge in [-0.3, -0.25) is 4.99 Å². The van der Waals surface area contributed by atoms with Crippen LogP contribution in [0.4, 0.5) is 24.5 Å². The molecule has 0 aliphatic heterocycles. The van der Waals surface area contributed by atoms with E-state index in [1.807, 2.05) is 0 Å². The zero-order valence-corrected chi connectivity index (χ0v) is 8.04. The van der Waals surface area contributed by atoms with E-state index in [0.29, 0.717) is 5.69 Å². The molecular weight excluding hydrogens is 205 g/mol. The molecule has 5 heteroatoms. The molecule has 80 valence electrons. The Kier molecular flexibility index (Phi) is 3.24. The van der Waals surface area contributed by atoms with Crippen LogP contribution in [0.1, 0.15) is 6.92 Å². The van der Waals surface area contributed by atoms with Crippen molar-refractivity contribution in [2.75, 3.05) is 0 Å². The van der Waals surface area contributed by atoms with E-state index in [1.54, 1.807) is 18.2 Å². The Morgan fingerprint density at radius 3 is 2.20 bits per heavy atom. The lowest BCUT2D eigenvalue weighted by Crippen LogP contribution is -2.18. The van der Waals surface area contributed by atoms with Crippen LogP contribution >= 0.6 is 0 Å². The summed E-state index contributed by atoms with van der Waals surface area (Å²) in [6.07, 6.45) is -4.41. The Morgan fingerprint density at radius 1 is 1.20 bits per heavy atom. The van der Waals surface area contributed by atoms with Gasteiger partial charge in [-0.2, -0.15) is 13.2 Å². The van der Waals surface area contributed by atoms with E-state index in [9.17, 15) is 13.2 Å². The van der Waals surface area contributed by atoms with Crippen LogP contribution < -0.4 is 0 Å². The first-order valence-corrected chi connectivity index (χ1v) is 4.13. The SMILES string of the molecule is C=Nc1ccccc1N=C(C)C(F)(F)F. The van der Waals surface area contributed by atoms with Crippen molar-refractivity contribution in [3.63, 3.8) is 0 Å². The molecule has 0 aliphatic carbocycles. The van der Waals surface area contributed by atoms with Crippen LogP contribution in [0.25, 0.3) is 0 Å². The van der Waals surface area contributed by atoms with Crippen LogP contribution in [0.2, 0.25) is 0 Å². The number of aliphatic imine (C=N–C) groups is 2. The van der Waals surface area contributed by atoms with Gasteiger partial charge in [0.15, 0.2) is 0 Å². The summed E-state index contributed by atoms with van der Waals surface area (Å²) < 4.78 is 36.6. The molecule has 0 spiro atoms. The number of halogens is 3. The summed E-state index contributed by atoms with van der Waals surface area (Å²) in [5.41, 5.74) is -0.401. The minimum Gasteiger partial charge on any atom is -0.262 e. The molecule has 0 fully saturated rings. The summed E-state index contributed by atoms with van der Waals surface area (Å²) in [5, 5.41) is 0. The number of hydrogen-bond acceptors (Lipinski definition) is 2. The summed E-state index contributed by atoms with van der Waals surface area (Å²) in [6.45, 7) is 4.18. The molecule has 0 bridgehead atoms. The molecule has 0 N–H and O–H groups in total. The first-order chi connectivity index (χ1) is 6.95. The largest absolute Gasteiger partial charge is 0.429 e. The third-order valence-electron chi connectivity index (χ3n) is 1.75. The minimum atomic E-state index is -4.41. The second-order valence-electron chi connectivity index (χ2n) is 2.84. The van der Waals surface area contributed by atoms with Gasteiger partial charge in [-0.25, -0.2) is 4.99 Å². The van der Waals surface area contributed by atoms with Gasteiger partial charge in [0.25, 0.3) is 0 Å². The fourth-order valence-corrected chi connectivity index (χ4v) is 0.936. The van der Waals surface area contributed by atoms with Crippen molar-refractivity contribution in [3.8, 4) is 0 Å². The number of benzene rings is 1. The van der Waals surface area contributed by atoms with E-state index in [0.717, 1.165) is 6.92 Å². The molecule has 0 radical (unpaired) electrons. The Morgan fingerprint density at radius 2 is 1.73 bits per heavy atom. The smallest absolute Gasteiger partial charge is 0.262 e. The zero-order chi connectivity index (χ0) is 11.5. The van der Waals surface area contributed by atoms with E-state index >= 15 is 0 Å². The van der Waals surface area contributed by atoms with Crippen LogP contribution in [0.15, 0.2) is 34.3 Å². The average molecular weight is 214 g/mol. The van der Waals surface area contributed by atoms with Crippen molar-refractivity contribution in [2.45, 2.75) is 13.1 Å². The van der Waals surface area contributed by atoms with Gasteiger partial charge in [0.1, 0.15) is 5.71 Å². The van der Waals surface area contributed by atoms with Crippen LogP contribution in [0.5, 0.6) is 0 Å². The molecule has 1 rings (SSSR count). The number of rotatable bonds is 2. The van der Waals surface area contributed by atoms with E-state index < -0.39 is 11.9 Å². The molecule has 0 saturated carbocycles. The summed E-state index contributed by atoms with van der Waals surface area (Å²) in [5.74, 6) is 0. The fourth-order valence-electron chi connectivity index (χ4n) is 0.936. The molecule has 1 aromatic carbocycles. The molecule has 0 aliphatic rings. The molecule has 0 aromatic heterocycles. The highest BCUT2D eigenvalue weighted by atomic mass is 19.4.